The first kappa shape index (κ1) is 11.1. The molecule has 88 valence electrons. The molecule has 0 saturated carbocycles. The molecule has 0 aliphatic heterocycles. The molecule has 0 saturated heterocycles. The zero-order chi connectivity index (χ0) is 12.3. The molecule has 0 fully saturated rings. The minimum atomic E-state index is -0.928. The van der Waals surface area contributed by atoms with Gasteiger partial charge in [0.05, 0.1) is 0 Å². The van der Waals surface area contributed by atoms with Crippen LogP contribution in [0.1, 0.15) is 0 Å². The fourth-order valence-electron chi connectivity index (χ4n) is 1.34. The van der Waals surface area contributed by atoms with E-state index in [1.54, 1.807) is 31.6 Å². The van der Waals surface area contributed by atoms with Gasteiger partial charge in [-0.25, -0.2) is 0 Å². The van der Waals surface area contributed by atoms with E-state index < -0.39 is 5.97 Å². The highest BCUT2D eigenvalue weighted by atomic mass is 16.4. The van der Waals surface area contributed by atoms with Crippen molar-refractivity contribution in [2.24, 2.45) is 0 Å². The lowest BCUT2D eigenvalue weighted by Gasteiger charge is -2.10. The van der Waals surface area contributed by atoms with Gasteiger partial charge in [-0.2, -0.15) is 4.98 Å². The lowest BCUT2D eigenvalue weighted by molar-refractivity contribution is -0.135. The second kappa shape index (κ2) is 4.60. The molecule has 0 spiro atoms. The van der Waals surface area contributed by atoms with Crippen molar-refractivity contribution in [1.82, 2.24) is 20.2 Å². The van der Waals surface area contributed by atoms with Gasteiger partial charge in [0.15, 0.2) is 5.82 Å². The molecule has 0 aromatic carbocycles. The Morgan fingerprint density at radius 2 is 2.18 bits per heavy atom. The van der Waals surface area contributed by atoms with Crippen LogP contribution >= 0.6 is 0 Å². The third-order valence-electron chi connectivity index (χ3n) is 2.14. The lowest BCUT2D eigenvalue weighted by Crippen LogP contribution is -2.26. The quantitative estimate of drug-likeness (QED) is 0.793. The summed E-state index contributed by atoms with van der Waals surface area (Å²) >= 11 is 0. The molecule has 0 amide bonds. The van der Waals surface area contributed by atoms with Crippen LogP contribution in [0.2, 0.25) is 0 Å². The smallest absolute Gasteiger partial charge is 0.323 e. The lowest BCUT2D eigenvalue weighted by atomic mass is 10.3. The molecule has 0 bridgehead atoms. The third-order valence-corrected chi connectivity index (χ3v) is 2.14. The molecular weight excluding hydrogens is 222 g/mol. The molecule has 7 nitrogen and oxygen atoms in total. The van der Waals surface area contributed by atoms with Crippen molar-refractivity contribution in [3.8, 4) is 11.4 Å². The molecule has 0 unspecified atom stereocenters. The van der Waals surface area contributed by atoms with Crippen LogP contribution in [0.15, 0.2) is 24.5 Å². The SMILES string of the molecule is CN(CC(=O)O)c1n[nH]c(-c2ccncc2)n1. The van der Waals surface area contributed by atoms with E-state index in [2.05, 4.69) is 20.2 Å². The molecule has 0 aliphatic carbocycles. The van der Waals surface area contributed by atoms with Gasteiger partial charge in [0.2, 0.25) is 5.95 Å². The maximum Gasteiger partial charge on any atom is 0.323 e. The minimum Gasteiger partial charge on any atom is -0.480 e. The number of H-pyrrole nitrogens is 1. The Bertz CT molecular complexity index is 510. The Hall–Kier alpha value is -2.44. The number of carboxylic acid groups (broad SMARTS) is 1. The van der Waals surface area contributed by atoms with Crippen LogP contribution in [-0.2, 0) is 4.79 Å². The van der Waals surface area contributed by atoms with Crippen LogP contribution in [0.5, 0.6) is 0 Å². The van der Waals surface area contributed by atoms with Gasteiger partial charge in [0, 0.05) is 25.0 Å². The minimum absolute atomic E-state index is 0.145. The summed E-state index contributed by atoms with van der Waals surface area (Å²) in [7, 11) is 1.62. The summed E-state index contributed by atoms with van der Waals surface area (Å²) in [4.78, 5) is 20.1. The number of aliphatic carboxylic acids is 1. The normalized spacial score (nSPS) is 10.2. The van der Waals surface area contributed by atoms with Crippen molar-refractivity contribution >= 4 is 11.9 Å². The van der Waals surface area contributed by atoms with Gasteiger partial charge in [-0.3, -0.25) is 14.9 Å². The van der Waals surface area contributed by atoms with Crippen LogP contribution < -0.4 is 4.90 Å². The molecule has 0 aliphatic rings. The van der Waals surface area contributed by atoms with Gasteiger partial charge in [0.25, 0.3) is 0 Å². The zero-order valence-electron chi connectivity index (χ0n) is 9.16. The summed E-state index contributed by atoms with van der Waals surface area (Å²) in [5, 5.41) is 15.4. The Balaban J connectivity index is 2.19. The standard InChI is InChI=1S/C10H11N5O2/c1-15(6-8(16)17)10-12-9(13-14-10)7-2-4-11-5-3-7/h2-5H,6H2,1H3,(H,16,17)(H,12,13,14). The highest BCUT2D eigenvalue weighted by Gasteiger charge is 2.11. The highest BCUT2D eigenvalue weighted by Crippen LogP contribution is 2.15. The number of aromatic nitrogens is 4. The van der Waals surface area contributed by atoms with E-state index in [-0.39, 0.29) is 6.54 Å². The number of aromatic amines is 1. The first-order chi connectivity index (χ1) is 8.16. The van der Waals surface area contributed by atoms with E-state index in [1.807, 2.05) is 0 Å². The van der Waals surface area contributed by atoms with E-state index in [1.165, 1.54) is 4.90 Å². The summed E-state index contributed by atoms with van der Waals surface area (Å²) in [6.07, 6.45) is 3.30. The Kier molecular flexibility index (Phi) is 2.99. The second-order valence-corrected chi connectivity index (χ2v) is 3.47. The topological polar surface area (TPSA) is 95.0 Å². The molecule has 2 heterocycles. The Morgan fingerprint density at radius 1 is 1.47 bits per heavy atom. The number of hydrogen-bond acceptors (Lipinski definition) is 5. The van der Waals surface area contributed by atoms with Gasteiger partial charge in [-0.15, -0.1) is 5.10 Å². The first-order valence-corrected chi connectivity index (χ1v) is 4.92. The van der Waals surface area contributed by atoms with Gasteiger partial charge in [0.1, 0.15) is 6.54 Å². The van der Waals surface area contributed by atoms with Crippen molar-refractivity contribution in [3.05, 3.63) is 24.5 Å². The third kappa shape index (κ3) is 2.57. The predicted molar refractivity (Wildman–Crippen MR) is 60.5 cm³/mol. The molecular formula is C10H11N5O2. The highest BCUT2D eigenvalue weighted by molar-refractivity contribution is 5.72. The van der Waals surface area contributed by atoms with Gasteiger partial charge in [-0.05, 0) is 12.1 Å². The summed E-state index contributed by atoms with van der Waals surface area (Å²) in [6, 6.07) is 3.59. The van der Waals surface area contributed by atoms with E-state index in [9.17, 15) is 4.79 Å². The maximum absolute atomic E-state index is 10.5. The maximum atomic E-state index is 10.5. The molecule has 17 heavy (non-hydrogen) atoms. The first-order valence-electron chi connectivity index (χ1n) is 4.92. The molecule has 2 N–H and O–H groups in total. The second-order valence-electron chi connectivity index (χ2n) is 3.47. The van der Waals surface area contributed by atoms with E-state index in [4.69, 9.17) is 5.11 Å². The average Bonchev–Trinajstić information content (AvgIpc) is 2.78. The number of rotatable bonds is 4. The van der Waals surface area contributed by atoms with E-state index in [0.717, 1.165) is 5.56 Å². The van der Waals surface area contributed by atoms with Crippen LogP contribution in [0.3, 0.4) is 0 Å². The molecule has 0 atom stereocenters. The number of nitrogens with one attached hydrogen (secondary N) is 1. The van der Waals surface area contributed by atoms with E-state index >= 15 is 0 Å². The van der Waals surface area contributed by atoms with Gasteiger partial charge < -0.3 is 10.0 Å². The summed E-state index contributed by atoms with van der Waals surface area (Å²) in [5.74, 6) is 0.00149. The Labute approximate surface area is 97.1 Å². The van der Waals surface area contributed by atoms with Crippen LogP contribution in [0.4, 0.5) is 5.95 Å². The molecule has 2 aromatic rings. The fraction of sp³-hybridized carbons (Fsp3) is 0.200. The predicted octanol–water partition coefficient (Wildman–Crippen LogP) is 0.387. The summed E-state index contributed by atoms with van der Waals surface area (Å²) < 4.78 is 0. The van der Waals surface area contributed by atoms with Crippen molar-refractivity contribution in [2.75, 3.05) is 18.5 Å². The monoisotopic (exact) mass is 233 g/mol. The van der Waals surface area contributed by atoms with Crippen LogP contribution in [0.25, 0.3) is 11.4 Å². The molecule has 2 rings (SSSR count). The number of anilines is 1. The Morgan fingerprint density at radius 3 is 2.82 bits per heavy atom. The van der Waals surface area contributed by atoms with Crippen molar-refractivity contribution in [1.29, 1.82) is 0 Å². The van der Waals surface area contributed by atoms with Crippen molar-refractivity contribution in [3.63, 3.8) is 0 Å². The zero-order valence-corrected chi connectivity index (χ0v) is 9.16. The van der Waals surface area contributed by atoms with Crippen LogP contribution in [0, 0.1) is 0 Å². The van der Waals surface area contributed by atoms with Gasteiger partial charge in [-0.1, -0.05) is 0 Å². The molecule has 0 radical (unpaired) electrons. The average molecular weight is 233 g/mol. The molecule has 7 heteroatoms. The van der Waals surface area contributed by atoms with Gasteiger partial charge >= 0.3 is 5.97 Å². The number of nitrogens with zero attached hydrogens (tertiary/aromatic N) is 4. The van der Waals surface area contributed by atoms with Crippen molar-refractivity contribution < 1.29 is 9.90 Å². The van der Waals surface area contributed by atoms with Crippen LogP contribution in [-0.4, -0.2) is 44.8 Å². The number of likely N-dealkylation sites (N-methyl/N-ethyl adjacent to an activating group) is 1. The van der Waals surface area contributed by atoms with Crippen molar-refractivity contribution in [2.45, 2.75) is 0 Å². The fourth-order valence-corrected chi connectivity index (χ4v) is 1.34. The number of carbonyl (C=O) groups is 1. The number of pyridine rings is 1. The number of hydrogen-bond donors (Lipinski definition) is 2. The number of carboxylic acids is 1. The summed E-state index contributed by atoms with van der Waals surface area (Å²) in [6.45, 7) is -0.145. The largest absolute Gasteiger partial charge is 0.480 e. The van der Waals surface area contributed by atoms with E-state index in [0.29, 0.717) is 11.8 Å². The summed E-state index contributed by atoms with van der Waals surface area (Å²) in [5.41, 5.74) is 0.850. The molecule has 2 aromatic heterocycles.